The van der Waals surface area contributed by atoms with Crippen molar-refractivity contribution in [1.82, 2.24) is 14.8 Å². The van der Waals surface area contributed by atoms with E-state index in [1.54, 1.807) is 4.90 Å². The van der Waals surface area contributed by atoms with E-state index in [1.165, 1.54) is 6.42 Å². The Labute approximate surface area is 188 Å². The first-order valence-electron chi connectivity index (χ1n) is 11.6. The SMILES string of the molecule is Cc1cc2c(cc3n2C[C@](C)(C(=O)NC2CCCCC2)N(Cc2ccccc2C)C3=O)o1. The van der Waals surface area contributed by atoms with Crippen LogP contribution >= 0.6 is 0 Å². The van der Waals surface area contributed by atoms with Gasteiger partial charge >= 0.3 is 0 Å². The number of hydrogen-bond donors (Lipinski definition) is 1. The van der Waals surface area contributed by atoms with E-state index in [4.69, 9.17) is 4.42 Å². The normalized spacial score (nSPS) is 21.7. The lowest BCUT2D eigenvalue weighted by atomic mass is 9.90. The number of nitrogens with zero attached hydrogens (tertiary/aromatic N) is 2. The van der Waals surface area contributed by atoms with Gasteiger partial charge in [-0.25, -0.2) is 0 Å². The van der Waals surface area contributed by atoms with Gasteiger partial charge in [-0.2, -0.15) is 0 Å². The number of aryl methyl sites for hydroxylation is 2. The summed E-state index contributed by atoms with van der Waals surface area (Å²) in [5.74, 6) is 0.595. The van der Waals surface area contributed by atoms with E-state index in [0.717, 1.165) is 48.1 Å². The lowest BCUT2D eigenvalue weighted by molar-refractivity contribution is -0.134. The Hall–Kier alpha value is -3.02. The number of carbonyl (C=O) groups excluding carboxylic acids is 2. The van der Waals surface area contributed by atoms with Crippen LogP contribution < -0.4 is 5.32 Å². The zero-order chi connectivity index (χ0) is 22.5. The maximum atomic E-state index is 13.8. The zero-order valence-electron chi connectivity index (χ0n) is 19.1. The van der Waals surface area contributed by atoms with Gasteiger partial charge in [-0.3, -0.25) is 9.59 Å². The fraction of sp³-hybridized carbons (Fsp3) is 0.462. The van der Waals surface area contributed by atoms with Crippen molar-refractivity contribution in [2.75, 3.05) is 0 Å². The second kappa shape index (κ2) is 7.84. The van der Waals surface area contributed by atoms with E-state index in [9.17, 15) is 9.59 Å². The molecule has 2 aromatic heterocycles. The zero-order valence-corrected chi connectivity index (χ0v) is 19.1. The number of nitrogens with one attached hydrogen (secondary N) is 1. The molecule has 168 valence electrons. The Kier molecular flexibility index (Phi) is 5.11. The number of hydrogen-bond acceptors (Lipinski definition) is 3. The minimum Gasteiger partial charge on any atom is -0.460 e. The second-order valence-corrected chi connectivity index (χ2v) is 9.62. The van der Waals surface area contributed by atoms with E-state index in [0.29, 0.717) is 24.4 Å². The Bertz CT molecular complexity index is 1180. The molecule has 0 spiro atoms. The van der Waals surface area contributed by atoms with E-state index < -0.39 is 5.54 Å². The Morgan fingerprint density at radius 2 is 1.91 bits per heavy atom. The molecule has 0 bridgehead atoms. The van der Waals surface area contributed by atoms with Crippen molar-refractivity contribution in [3.63, 3.8) is 0 Å². The van der Waals surface area contributed by atoms with Gasteiger partial charge in [-0.05, 0) is 44.7 Å². The number of carbonyl (C=O) groups is 2. The molecule has 0 saturated heterocycles. The summed E-state index contributed by atoms with van der Waals surface area (Å²) in [6, 6.07) is 12.0. The van der Waals surface area contributed by atoms with E-state index in [2.05, 4.69) is 5.32 Å². The summed E-state index contributed by atoms with van der Waals surface area (Å²) in [6.45, 7) is 6.65. The summed E-state index contributed by atoms with van der Waals surface area (Å²) in [6.07, 6.45) is 5.53. The van der Waals surface area contributed by atoms with Crippen LogP contribution in [0.4, 0.5) is 0 Å². The van der Waals surface area contributed by atoms with Crippen molar-refractivity contribution in [3.8, 4) is 0 Å². The third-order valence-corrected chi connectivity index (χ3v) is 7.26. The Morgan fingerprint density at radius 1 is 1.16 bits per heavy atom. The van der Waals surface area contributed by atoms with Crippen LogP contribution in [-0.2, 0) is 17.9 Å². The average Bonchev–Trinajstić information content (AvgIpc) is 3.30. The largest absolute Gasteiger partial charge is 0.460 e. The molecule has 1 atom stereocenters. The molecular weight excluding hydrogens is 402 g/mol. The number of fused-ring (bicyclic) bond motifs is 3. The second-order valence-electron chi connectivity index (χ2n) is 9.62. The van der Waals surface area contributed by atoms with Crippen molar-refractivity contribution in [3.05, 3.63) is 59.0 Å². The standard InChI is InChI=1S/C26H31N3O3/c1-17-9-7-8-10-19(17)15-29-24(30)22-14-23-21(13-18(2)32-23)28(22)16-26(29,3)25(31)27-20-11-5-4-6-12-20/h7-10,13-14,20H,4-6,11-12,15-16H2,1-3H3,(H,27,31)/t26-/m1/s1. The van der Waals surface area contributed by atoms with Gasteiger partial charge < -0.3 is 19.2 Å². The van der Waals surface area contributed by atoms with Crippen LogP contribution in [-0.4, -0.2) is 32.9 Å². The van der Waals surface area contributed by atoms with Crippen LogP contribution in [0.3, 0.4) is 0 Å². The molecule has 3 heterocycles. The van der Waals surface area contributed by atoms with Gasteiger partial charge in [0.25, 0.3) is 5.91 Å². The van der Waals surface area contributed by atoms with Gasteiger partial charge in [0.2, 0.25) is 5.91 Å². The van der Waals surface area contributed by atoms with Gasteiger partial charge in [0.15, 0.2) is 5.58 Å². The van der Waals surface area contributed by atoms with Crippen molar-refractivity contribution < 1.29 is 14.0 Å². The van der Waals surface area contributed by atoms with Crippen molar-refractivity contribution >= 4 is 22.9 Å². The topological polar surface area (TPSA) is 67.5 Å². The third-order valence-electron chi connectivity index (χ3n) is 7.26. The van der Waals surface area contributed by atoms with E-state index >= 15 is 0 Å². The minimum absolute atomic E-state index is 0.0703. The third kappa shape index (κ3) is 3.42. The molecule has 5 rings (SSSR count). The Balaban J connectivity index is 1.55. The molecule has 3 aromatic rings. The molecule has 6 nitrogen and oxygen atoms in total. The maximum Gasteiger partial charge on any atom is 0.271 e. The molecule has 1 saturated carbocycles. The number of aromatic nitrogens is 1. The van der Waals surface area contributed by atoms with Gasteiger partial charge in [0, 0.05) is 24.7 Å². The van der Waals surface area contributed by atoms with Gasteiger partial charge in [0.1, 0.15) is 17.0 Å². The quantitative estimate of drug-likeness (QED) is 0.648. The smallest absolute Gasteiger partial charge is 0.271 e. The molecule has 1 aromatic carbocycles. The van der Waals surface area contributed by atoms with Crippen LogP contribution in [0.1, 0.15) is 66.4 Å². The highest BCUT2D eigenvalue weighted by molar-refractivity contribution is 6.03. The first kappa shape index (κ1) is 20.9. The van der Waals surface area contributed by atoms with Crippen LogP contribution in [0.15, 0.2) is 40.8 Å². The first-order valence-corrected chi connectivity index (χ1v) is 11.6. The average molecular weight is 434 g/mol. The van der Waals surface area contributed by atoms with Crippen molar-refractivity contribution in [1.29, 1.82) is 0 Å². The molecule has 32 heavy (non-hydrogen) atoms. The number of benzene rings is 1. The van der Waals surface area contributed by atoms with Crippen LogP contribution in [0, 0.1) is 13.8 Å². The van der Waals surface area contributed by atoms with Crippen molar-refractivity contribution in [2.45, 2.75) is 77.5 Å². The van der Waals surface area contributed by atoms with Crippen LogP contribution in [0.25, 0.3) is 11.1 Å². The summed E-state index contributed by atoms with van der Waals surface area (Å²) in [4.78, 5) is 29.3. The van der Waals surface area contributed by atoms with E-state index in [-0.39, 0.29) is 17.9 Å². The van der Waals surface area contributed by atoms with E-state index in [1.807, 2.05) is 61.7 Å². The minimum atomic E-state index is -0.999. The fourth-order valence-corrected chi connectivity index (χ4v) is 5.25. The molecule has 1 fully saturated rings. The van der Waals surface area contributed by atoms with Crippen LogP contribution in [0.5, 0.6) is 0 Å². The molecular formula is C26H31N3O3. The van der Waals surface area contributed by atoms with Gasteiger partial charge in [0.05, 0.1) is 12.1 Å². The summed E-state index contributed by atoms with van der Waals surface area (Å²) in [5.41, 5.74) is 3.31. The summed E-state index contributed by atoms with van der Waals surface area (Å²) >= 11 is 0. The number of rotatable bonds is 4. The molecule has 0 radical (unpaired) electrons. The lowest BCUT2D eigenvalue weighted by Gasteiger charge is -2.45. The van der Waals surface area contributed by atoms with Gasteiger partial charge in [-0.1, -0.05) is 43.5 Å². The Morgan fingerprint density at radius 3 is 2.66 bits per heavy atom. The van der Waals surface area contributed by atoms with Gasteiger partial charge in [-0.15, -0.1) is 0 Å². The fourth-order valence-electron chi connectivity index (χ4n) is 5.25. The summed E-state index contributed by atoms with van der Waals surface area (Å²) < 4.78 is 7.76. The highest BCUT2D eigenvalue weighted by atomic mass is 16.3. The van der Waals surface area contributed by atoms with Crippen LogP contribution in [0.2, 0.25) is 0 Å². The molecule has 1 aliphatic carbocycles. The predicted molar refractivity (Wildman–Crippen MR) is 123 cm³/mol. The first-order chi connectivity index (χ1) is 15.4. The predicted octanol–water partition coefficient (Wildman–Crippen LogP) is 4.71. The number of amides is 2. The molecule has 0 unspecified atom stereocenters. The summed E-state index contributed by atoms with van der Waals surface area (Å²) in [5, 5.41) is 3.29. The molecule has 6 heteroatoms. The number of furan rings is 1. The highest BCUT2D eigenvalue weighted by Crippen LogP contribution is 2.35. The highest BCUT2D eigenvalue weighted by Gasteiger charge is 2.48. The molecule has 1 N–H and O–H groups in total. The molecule has 1 aliphatic heterocycles. The summed E-state index contributed by atoms with van der Waals surface area (Å²) in [7, 11) is 0. The molecule has 2 aliphatic rings. The lowest BCUT2D eigenvalue weighted by Crippen LogP contribution is -2.64. The maximum absolute atomic E-state index is 13.8. The monoisotopic (exact) mass is 433 g/mol. The molecule has 2 amide bonds. The van der Waals surface area contributed by atoms with Crippen molar-refractivity contribution in [2.24, 2.45) is 0 Å².